The second kappa shape index (κ2) is 32.3. The third kappa shape index (κ3) is 20.5. The number of hydrogen-bond acceptors (Lipinski definition) is 7. The molecule has 8 aromatic carbocycles. The maximum atomic E-state index is 11.3. The van der Waals surface area contributed by atoms with Crippen molar-refractivity contribution in [3.63, 3.8) is 0 Å². The van der Waals surface area contributed by atoms with Crippen LogP contribution in [-0.4, -0.2) is 49.5 Å². The SMILES string of the molecule is CC=CC(Cc1ccc(C)cc1)c1ccc(OC)cc1.CC=CC(Cc1ccc(O)cc1)c1ccc(O)cc1.COc1ccc(C(C=O)Cc2ccc(C)cc2)cc1.COc1ccc(C(CO)Cc2ccc(C)cc2)cc1. The Morgan fingerprint density at radius 1 is 0.377 bits per heavy atom. The number of rotatable bonds is 19. The van der Waals surface area contributed by atoms with E-state index in [2.05, 4.69) is 131 Å². The Balaban J connectivity index is 0.000000189. The number of carbonyl (C=O) groups is 1. The fraction of sp³-hybridized carbons (Fsp3) is 0.243. The highest BCUT2D eigenvalue weighted by Crippen LogP contribution is 2.28. The highest BCUT2D eigenvalue weighted by molar-refractivity contribution is 5.63. The predicted octanol–water partition coefficient (Wildman–Crippen LogP) is 15.8. The molecule has 0 saturated heterocycles. The number of aromatic hydroxyl groups is 2. The van der Waals surface area contributed by atoms with Crippen LogP contribution in [0.15, 0.2) is 218 Å². The smallest absolute Gasteiger partial charge is 0.127 e. The highest BCUT2D eigenvalue weighted by atomic mass is 16.5. The number of hydrogen-bond donors (Lipinski definition) is 3. The van der Waals surface area contributed by atoms with E-state index in [1.807, 2.05) is 97.9 Å². The molecule has 3 N–H and O–H groups in total. The molecule has 0 saturated carbocycles. The Hall–Kier alpha value is -8.13. The molecule has 0 aliphatic carbocycles. The number of carbonyl (C=O) groups excluding carboxylic acids is 1. The summed E-state index contributed by atoms with van der Waals surface area (Å²) in [7, 11) is 4.99. The van der Waals surface area contributed by atoms with Crippen LogP contribution in [0.5, 0.6) is 28.7 Å². The van der Waals surface area contributed by atoms with E-state index in [4.69, 9.17) is 14.2 Å². The number of phenolic OH excluding ortho intramolecular Hbond substituents is 2. The van der Waals surface area contributed by atoms with Crippen molar-refractivity contribution in [2.75, 3.05) is 27.9 Å². The monoisotopic (exact) mass is 1030 g/mol. The molecule has 0 aromatic heterocycles. The van der Waals surface area contributed by atoms with Gasteiger partial charge in [-0.3, -0.25) is 0 Å². The first kappa shape index (κ1) is 59.7. The molecule has 0 fully saturated rings. The van der Waals surface area contributed by atoms with E-state index in [1.54, 1.807) is 45.6 Å². The van der Waals surface area contributed by atoms with E-state index >= 15 is 0 Å². The lowest BCUT2D eigenvalue weighted by Crippen LogP contribution is -2.07. The van der Waals surface area contributed by atoms with Gasteiger partial charge in [-0.1, -0.05) is 174 Å². The first-order valence-electron chi connectivity index (χ1n) is 26.3. The van der Waals surface area contributed by atoms with Crippen LogP contribution < -0.4 is 14.2 Å². The Bertz CT molecular complexity index is 2940. The molecule has 0 amide bonds. The molecule has 400 valence electrons. The second-order valence-corrected chi connectivity index (χ2v) is 19.2. The van der Waals surface area contributed by atoms with Crippen molar-refractivity contribution in [3.8, 4) is 28.7 Å². The molecule has 7 heteroatoms. The minimum Gasteiger partial charge on any atom is -0.508 e. The van der Waals surface area contributed by atoms with Crippen molar-refractivity contribution in [1.29, 1.82) is 0 Å². The van der Waals surface area contributed by atoms with Gasteiger partial charge in [0, 0.05) is 23.7 Å². The molecule has 0 radical (unpaired) electrons. The average molecular weight is 1030 g/mol. The van der Waals surface area contributed by atoms with E-state index in [0.29, 0.717) is 5.92 Å². The number of allylic oxidation sites excluding steroid dienone is 4. The molecule has 7 nitrogen and oxygen atoms in total. The molecular formula is C70H78O7. The molecule has 8 aromatic rings. The number of phenols is 2. The molecule has 0 bridgehead atoms. The van der Waals surface area contributed by atoms with Crippen LogP contribution >= 0.6 is 0 Å². The van der Waals surface area contributed by atoms with Crippen molar-refractivity contribution in [2.24, 2.45) is 0 Å². The third-order valence-corrected chi connectivity index (χ3v) is 13.4. The van der Waals surface area contributed by atoms with Crippen LogP contribution in [0.25, 0.3) is 0 Å². The number of ether oxygens (including phenoxy) is 3. The quantitative estimate of drug-likeness (QED) is 0.0547. The highest BCUT2D eigenvalue weighted by Gasteiger charge is 2.14. The van der Waals surface area contributed by atoms with Crippen molar-refractivity contribution in [1.82, 2.24) is 0 Å². The number of aliphatic hydroxyl groups is 1. The largest absolute Gasteiger partial charge is 0.508 e. The number of methoxy groups -OCH3 is 3. The lowest BCUT2D eigenvalue weighted by molar-refractivity contribution is -0.109. The lowest BCUT2D eigenvalue weighted by Gasteiger charge is -2.15. The van der Waals surface area contributed by atoms with Gasteiger partial charge in [-0.15, -0.1) is 0 Å². The van der Waals surface area contributed by atoms with Crippen LogP contribution in [-0.2, 0) is 30.5 Å². The minimum atomic E-state index is -0.103. The van der Waals surface area contributed by atoms with Gasteiger partial charge in [-0.05, 0) is 165 Å². The van der Waals surface area contributed by atoms with E-state index in [1.165, 1.54) is 50.1 Å². The van der Waals surface area contributed by atoms with Crippen LogP contribution in [0, 0.1) is 20.8 Å². The molecule has 0 aliphatic rings. The van der Waals surface area contributed by atoms with Gasteiger partial charge in [0.05, 0.1) is 27.9 Å². The lowest BCUT2D eigenvalue weighted by atomic mass is 9.91. The van der Waals surface area contributed by atoms with Crippen LogP contribution in [0.2, 0.25) is 0 Å². The summed E-state index contributed by atoms with van der Waals surface area (Å²) in [5.41, 5.74) is 13.4. The van der Waals surface area contributed by atoms with E-state index in [0.717, 1.165) is 60.3 Å². The molecule has 8 rings (SSSR count). The second-order valence-electron chi connectivity index (χ2n) is 19.2. The number of aldehydes is 1. The number of aliphatic hydroxyl groups excluding tert-OH is 1. The van der Waals surface area contributed by atoms with Gasteiger partial charge in [0.25, 0.3) is 0 Å². The summed E-state index contributed by atoms with van der Waals surface area (Å²) in [6, 6.07) is 64.1. The van der Waals surface area contributed by atoms with Crippen molar-refractivity contribution < 1.29 is 34.3 Å². The van der Waals surface area contributed by atoms with Crippen LogP contribution in [0.1, 0.15) is 98.7 Å². The predicted molar refractivity (Wildman–Crippen MR) is 317 cm³/mol. The average Bonchev–Trinajstić information content (AvgIpc) is 3.46. The topological polar surface area (TPSA) is 105 Å². The van der Waals surface area contributed by atoms with Crippen molar-refractivity contribution >= 4 is 6.29 Å². The van der Waals surface area contributed by atoms with Gasteiger partial charge in [0.15, 0.2) is 0 Å². The van der Waals surface area contributed by atoms with Gasteiger partial charge in [-0.25, -0.2) is 0 Å². The van der Waals surface area contributed by atoms with Gasteiger partial charge in [0.2, 0.25) is 0 Å². The third-order valence-electron chi connectivity index (χ3n) is 13.4. The minimum absolute atomic E-state index is 0.103. The summed E-state index contributed by atoms with van der Waals surface area (Å²) in [4.78, 5) is 11.3. The van der Waals surface area contributed by atoms with Crippen LogP contribution in [0.4, 0.5) is 0 Å². The van der Waals surface area contributed by atoms with Crippen LogP contribution in [0.3, 0.4) is 0 Å². The van der Waals surface area contributed by atoms with Gasteiger partial charge in [0.1, 0.15) is 35.0 Å². The van der Waals surface area contributed by atoms with Gasteiger partial charge in [-0.2, -0.15) is 0 Å². The van der Waals surface area contributed by atoms with E-state index < -0.39 is 0 Å². The fourth-order valence-electron chi connectivity index (χ4n) is 8.74. The maximum absolute atomic E-state index is 11.3. The van der Waals surface area contributed by atoms with Gasteiger partial charge >= 0.3 is 0 Å². The van der Waals surface area contributed by atoms with E-state index in [9.17, 15) is 20.1 Å². The molecule has 77 heavy (non-hydrogen) atoms. The molecule has 0 heterocycles. The summed E-state index contributed by atoms with van der Waals surface area (Å²) in [5, 5.41) is 28.2. The molecule has 4 atom stereocenters. The molecule has 0 aliphatic heterocycles. The summed E-state index contributed by atoms with van der Waals surface area (Å²) in [5.74, 6) is 3.84. The molecular weight excluding hydrogens is 953 g/mol. The summed E-state index contributed by atoms with van der Waals surface area (Å²) in [6.45, 7) is 10.5. The van der Waals surface area contributed by atoms with Crippen molar-refractivity contribution in [3.05, 3.63) is 280 Å². The zero-order valence-corrected chi connectivity index (χ0v) is 46.2. The van der Waals surface area contributed by atoms with E-state index in [-0.39, 0.29) is 35.9 Å². The normalized spacial score (nSPS) is 12.3. The summed E-state index contributed by atoms with van der Waals surface area (Å²) in [6.07, 6.45) is 13.1. The Morgan fingerprint density at radius 3 is 0.961 bits per heavy atom. The Labute approximate surface area is 458 Å². The standard InChI is InChI=1S/C19H22O.C17H20O2.2C17H18O2/c1-4-5-18(14-16-8-6-15(2)7-9-16)17-10-12-19(20-3)13-11-17;2*1-13-3-5-14(6-4-13)11-16(12-18)15-7-9-17(19-2)10-8-15;1-2-3-15(14-6-10-17(19)11-7-14)12-13-4-8-16(18)9-5-13/h4-13,18H,14H2,1-3H3;3-10,16,18H,11-12H2,1-2H3;3-10,12,16H,11H2,1-2H3;2-11,15,18-19H,12H2,1H3. The fourth-order valence-corrected chi connectivity index (χ4v) is 8.74. The summed E-state index contributed by atoms with van der Waals surface area (Å²) >= 11 is 0. The van der Waals surface area contributed by atoms with Gasteiger partial charge < -0.3 is 34.3 Å². The summed E-state index contributed by atoms with van der Waals surface area (Å²) < 4.78 is 15.5. The zero-order valence-electron chi connectivity index (χ0n) is 46.2. The molecule has 0 spiro atoms. The molecule has 4 unspecified atom stereocenters. The number of aryl methyl sites for hydroxylation is 3. The maximum Gasteiger partial charge on any atom is 0.127 e. The zero-order chi connectivity index (χ0) is 55.4. The Morgan fingerprint density at radius 2 is 0.649 bits per heavy atom. The first-order valence-corrected chi connectivity index (χ1v) is 26.3. The van der Waals surface area contributed by atoms with Crippen molar-refractivity contribution in [2.45, 2.75) is 84.0 Å². The Kier molecular flexibility index (Phi) is 25.1. The number of benzene rings is 8. The first-order chi connectivity index (χ1) is 37.4.